The molecule has 5 heteroatoms. The van der Waals surface area contributed by atoms with Gasteiger partial charge in [-0.3, -0.25) is 0 Å². The van der Waals surface area contributed by atoms with Gasteiger partial charge < -0.3 is 10.1 Å². The van der Waals surface area contributed by atoms with E-state index in [0.717, 1.165) is 43.9 Å². The molecule has 0 bridgehead atoms. The highest BCUT2D eigenvalue weighted by molar-refractivity contribution is 5.31. The number of ether oxygens (including phenoxy) is 1. The summed E-state index contributed by atoms with van der Waals surface area (Å²) in [5, 5.41) is 11.5. The third-order valence-electron chi connectivity index (χ3n) is 2.89. The summed E-state index contributed by atoms with van der Waals surface area (Å²) in [6, 6.07) is 10.1. The molecule has 5 nitrogen and oxygen atoms in total. The molecule has 0 amide bonds. The largest absolute Gasteiger partial charge is 0.383 e. The number of aromatic nitrogens is 3. The smallest absolute Gasteiger partial charge is 0.0729 e. The van der Waals surface area contributed by atoms with Gasteiger partial charge in [-0.25, -0.2) is 4.68 Å². The van der Waals surface area contributed by atoms with Crippen molar-refractivity contribution in [1.29, 1.82) is 0 Å². The zero-order valence-corrected chi connectivity index (χ0v) is 11.2. The maximum Gasteiger partial charge on any atom is 0.0729 e. The molecule has 0 radical (unpaired) electrons. The summed E-state index contributed by atoms with van der Waals surface area (Å²) in [5.41, 5.74) is 2.20. The minimum absolute atomic E-state index is 0.753. The summed E-state index contributed by atoms with van der Waals surface area (Å²) in [6.45, 7) is 2.62. The number of hydrogen-bond acceptors (Lipinski definition) is 4. The van der Waals surface area contributed by atoms with E-state index < -0.39 is 0 Å². The van der Waals surface area contributed by atoms with E-state index in [0.29, 0.717) is 0 Å². The fraction of sp³-hybridized carbons (Fsp3) is 0.429. The molecule has 2 rings (SSSR count). The van der Waals surface area contributed by atoms with Gasteiger partial charge in [0.05, 0.1) is 24.2 Å². The molecule has 1 aromatic carbocycles. The molecule has 19 heavy (non-hydrogen) atoms. The number of methoxy groups -OCH3 is 1. The van der Waals surface area contributed by atoms with Crippen LogP contribution in [0.3, 0.4) is 0 Å². The average Bonchev–Trinajstić information content (AvgIpc) is 2.92. The molecule has 0 aliphatic heterocycles. The second kappa shape index (κ2) is 7.66. The van der Waals surface area contributed by atoms with Crippen molar-refractivity contribution >= 4 is 0 Å². The number of nitrogens with zero attached hydrogens (tertiary/aromatic N) is 3. The van der Waals surface area contributed by atoms with Gasteiger partial charge in [-0.1, -0.05) is 23.4 Å². The second-order valence-corrected chi connectivity index (χ2v) is 4.32. The van der Waals surface area contributed by atoms with Crippen LogP contribution in [0, 0.1) is 0 Å². The molecule has 0 fully saturated rings. The number of rotatable bonds is 8. The highest BCUT2D eigenvalue weighted by atomic mass is 16.5. The molecule has 1 aromatic heterocycles. The highest BCUT2D eigenvalue weighted by Gasteiger charge is 2.05. The summed E-state index contributed by atoms with van der Waals surface area (Å²) in [6.07, 6.45) is 3.86. The summed E-state index contributed by atoms with van der Waals surface area (Å²) >= 11 is 0. The third-order valence-corrected chi connectivity index (χ3v) is 2.89. The molecule has 1 heterocycles. The van der Waals surface area contributed by atoms with Gasteiger partial charge >= 0.3 is 0 Å². The maximum atomic E-state index is 4.98. The molecule has 0 spiro atoms. The molecule has 0 unspecified atom stereocenters. The molecule has 0 aliphatic carbocycles. The summed E-state index contributed by atoms with van der Waals surface area (Å²) in [7, 11) is 1.71. The minimum atomic E-state index is 0.753. The van der Waals surface area contributed by atoms with Gasteiger partial charge in [-0.05, 0) is 31.5 Å². The maximum absolute atomic E-state index is 4.98. The second-order valence-electron chi connectivity index (χ2n) is 4.32. The summed E-state index contributed by atoms with van der Waals surface area (Å²) in [4.78, 5) is 0. The van der Waals surface area contributed by atoms with Crippen LogP contribution in [-0.4, -0.2) is 41.8 Å². The van der Waals surface area contributed by atoms with Crippen molar-refractivity contribution < 1.29 is 4.74 Å². The fourth-order valence-corrected chi connectivity index (χ4v) is 1.91. The lowest BCUT2D eigenvalue weighted by Gasteiger charge is -2.06. The van der Waals surface area contributed by atoms with Crippen molar-refractivity contribution in [3.8, 4) is 5.69 Å². The Hall–Kier alpha value is -1.72. The Morgan fingerprint density at radius 3 is 2.84 bits per heavy atom. The van der Waals surface area contributed by atoms with E-state index in [1.54, 1.807) is 7.11 Å². The lowest BCUT2D eigenvalue weighted by atomic mass is 10.2. The number of aryl methyl sites for hydroxylation is 1. The molecule has 0 saturated heterocycles. The van der Waals surface area contributed by atoms with Crippen LogP contribution in [0.4, 0.5) is 0 Å². The molecule has 0 saturated carbocycles. The zero-order chi connectivity index (χ0) is 13.3. The van der Waals surface area contributed by atoms with Crippen molar-refractivity contribution in [2.24, 2.45) is 0 Å². The highest BCUT2D eigenvalue weighted by Crippen LogP contribution is 2.09. The van der Waals surface area contributed by atoms with Crippen molar-refractivity contribution in [2.45, 2.75) is 12.8 Å². The van der Waals surface area contributed by atoms with Crippen molar-refractivity contribution in [3.05, 3.63) is 42.2 Å². The van der Waals surface area contributed by atoms with E-state index in [1.165, 1.54) is 0 Å². The van der Waals surface area contributed by atoms with Gasteiger partial charge in [-0.15, -0.1) is 5.10 Å². The van der Waals surface area contributed by atoms with Crippen LogP contribution in [0.2, 0.25) is 0 Å². The van der Waals surface area contributed by atoms with E-state index in [4.69, 9.17) is 4.74 Å². The average molecular weight is 260 g/mol. The van der Waals surface area contributed by atoms with Crippen LogP contribution >= 0.6 is 0 Å². The van der Waals surface area contributed by atoms with Crippen LogP contribution in [0.5, 0.6) is 0 Å². The Morgan fingerprint density at radius 2 is 2.05 bits per heavy atom. The van der Waals surface area contributed by atoms with Crippen LogP contribution in [0.15, 0.2) is 36.5 Å². The Labute approximate surface area is 113 Å². The predicted molar refractivity (Wildman–Crippen MR) is 74.4 cm³/mol. The quantitative estimate of drug-likeness (QED) is 0.730. The zero-order valence-electron chi connectivity index (χ0n) is 11.2. The monoisotopic (exact) mass is 260 g/mol. The van der Waals surface area contributed by atoms with Gasteiger partial charge in [0.15, 0.2) is 0 Å². The van der Waals surface area contributed by atoms with E-state index in [9.17, 15) is 0 Å². The molecule has 102 valence electrons. The molecule has 2 aromatic rings. The summed E-state index contributed by atoms with van der Waals surface area (Å²) < 4.78 is 6.88. The van der Waals surface area contributed by atoms with E-state index in [1.807, 2.05) is 41.2 Å². The van der Waals surface area contributed by atoms with Crippen molar-refractivity contribution in [2.75, 3.05) is 26.8 Å². The number of para-hydroxylation sites is 1. The molecule has 0 aliphatic rings. The first-order chi connectivity index (χ1) is 9.42. The summed E-state index contributed by atoms with van der Waals surface area (Å²) in [5.74, 6) is 0. The lowest BCUT2D eigenvalue weighted by Crippen LogP contribution is -2.20. The SMILES string of the molecule is COCCNCCCc1cnnn1-c1ccccc1. The van der Waals surface area contributed by atoms with E-state index in [2.05, 4.69) is 15.6 Å². The molecule has 0 atom stereocenters. The van der Waals surface area contributed by atoms with Gasteiger partial charge in [0.25, 0.3) is 0 Å². The Morgan fingerprint density at radius 1 is 1.21 bits per heavy atom. The van der Waals surface area contributed by atoms with Crippen LogP contribution in [-0.2, 0) is 11.2 Å². The fourth-order valence-electron chi connectivity index (χ4n) is 1.91. The van der Waals surface area contributed by atoms with Crippen LogP contribution in [0.1, 0.15) is 12.1 Å². The molecular formula is C14H20N4O. The lowest BCUT2D eigenvalue weighted by molar-refractivity contribution is 0.199. The van der Waals surface area contributed by atoms with Crippen molar-refractivity contribution in [3.63, 3.8) is 0 Å². The first-order valence-electron chi connectivity index (χ1n) is 6.56. The first kappa shape index (κ1) is 13.7. The number of nitrogens with one attached hydrogen (secondary N) is 1. The molecule has 1 N–H and O–H groups in total. The molecular weight excluding hydrogens is 240 g/mol. The number of hydrogen-bond donors (Lipinski definition) is 1. The van der Waals surface area contributed by atoms with Crippen LogP contribution < -0.4 is 5.32 Å². The van der Waals surface area contributed by atoms with E-state index >= 15 is 0 Å². The predicted octanol–water partition coefficient (Wildman–Crippen LogP) is 1.44. The van der Waals surface area contributed by atoms with Gasteiger partial charge in [-0.2, -0.15) is 0 Å². The van der Waals surface area contributed by atoms with E-state index in [-0.39, 0.29) is 0 Å². The van der Waals surface area contributed by atoms with Gasteiger partial charge in [0.1, 0.15) is 0 Å². The Bertz CT molecular complexity index is 469. The number of benzene rings is 1. The Kier molecular flexibility index (Phi) is 5.52. The van der Waals surface area contributed by atoms with Crippen LogP contribution in [0.25, 0.3) is 5.69 Å². The van der Waals surface area contributed by atoms with Gasteiger partial charge in [0, 0.05) is 13.7 Å². The normalized spacial score (nSPS) is 10.8. The van der Waals surface area contributed by atoms with Gasteiger partial charge in [0.2, 0.25) is 0 Å². The third kappa shape index (κ3) is 4.15. The topological polar surface area (TPSA) is 52.0 Å². The first-order valence-corrected chi connectivity index (χ1v) is 6.56. The standard InChI is InChI=1S/C14H20N4O/c1-19-11-10-15-9-5-8-14-12-16-17-18(14)13-6-3-2-4-7-13/h2-4,6-7,12,15H,5,8-11H2,1H3. The van der Waals surface area contributed by atoms with Crippen molar-refractivity contribution in [1.82, 2.24) is 20.3 Å². The minimum Gasteiger partial charge on any atom is -0.383 e. The Balaban J connectivity index is 1.83.